The number of nitrogens with one attached hydrogen (secondary N) is 1. The van der Waals surface area contributed by atoms with E-state index < -0.39 is 0 Å². The molecule has 0 heterocycles. The van der Waals surface area contributed by atoms with Crippen LogP contribution in [0.25, 0.3) is 0 Å². The van der Waals surface area contributed by atoms with Gasteiger partial charge >= 0.3 is 0 Å². The van der Waals surface area contributed by atoms with E-state index in [-0.39, 0.29) is 29.6 Å². The summed E-state index contributed by atoms with van der Waals surface area (Å²) in [6.45, 7) is 2.20. The number of hydrogen-bond acceptors (Lipinski definition) is 3. The Balaban J connectivity index is 1.57. The molecule has 0 aliphatic heterocycles. The number of anilines is 1. The van der Waals surface area contributed by atoms with Crippen molar-refractivity contribution in [3.63, 3.8) is 0 Å². The van der Waals surface area contributed by atoms with Crippen molar-refractivity contribution >= 4 is 11.6 Å². The molecule has 3 aliphatic carbocycles. The van der Waals surface area contributed by atoms with Crippen LogP contribution in [0.1, 0.15) is 41.0 Å². The number of hydrogen-bond donors (Lipinski definition) is 1. The van der Waals surface area contributed by atoms with Crippen LogP contribution in [0.5, 0.6) is 11.5 Å². The van der Waals surface area contributed by atoms with E-state index in [1.54, 1.807) is 14.2 Å². The molecule has 2 unspecified atom stereocenters. The van der Waals surface area contributed by atoms with Crippen molar-refractivity contribution in [1.29, 1.82) is 0 Å². The summed E-state index contributed by atoms with van der Waals surface area (Å²) in [5, 5.41) is 3.14. The molecule has 1 N–H and O–H groups in total. The Kier molecular flexibility index (Phi) is 4.50. The predicted octanol–water partition coefficient (Wildman–Crippen LogP) is 5.19. The average molecular weight is 399 g/mol. The molecule has 0 spiro atoms. The van der Waals surface area contributed by atoms with E-state index in [2.05, 4.69) is 60.8 Å². The van der Waals surface area contributed by atoms with Crippen LogP contribution in [-0.4, -0.2) is 20.1 Å². The maximum atomic E-state index is 13.6. The van der Waals surface area contributed by atoms with Crippen molar-refractivity contribution < 1.29 is 14.3 Å². The number of rotatable bonds is 4. The summed E-state index contributed by atoms with van der Waals surface area (Å²) in [4.78, 5) is 13.6. The molecule has 3 aromatic rings. The molecule has 152 valence electrons. The zero-order valence-electron chi connectivity index (χ0n) is 17.4. The summed E-state index contributed by atoms with van der Waals surface area (Å²) < 4.78 is 10.8. The summed E-state index contributed by atoms with van der Waals surface area (Å²) in [6, 6.07) is 22.6. The molecule has 0 fully saturated rings. The molecule has 30 heavy (non-hydrogen) atoms. The van der Waals surface area contributed by atoms with Crippen LogP contribution in [-0.2, 0) is 4.79 Å². The van der Waals surface area contributed by atoms with Gasteiger partial charge in [-0.2, -0.15) is 0 Å². The van der Waals surface area contributed by atoms with Crippen molar-refractivity contribution in [2.45, 2.75) is 18.8 Å². The molecule has 1 amide bonds. The molecule has 0 saturated carbocycles. The Morgan fingerprint density at radius 2 is 1.37 bits per heavy atom. The second kappa shape index (κ2) is 7.21. The fourth-order valence-electron chi connectivity index (χ4n) is 5.47. The highest BCUT2D eigenvalue weighted by Crippen LogP contribution is 2.58. The van der Waals surface area contributed by atoms with Gasteiger partial charge in [-0.05, 0) is 40.3 Å². The highest BCUT2D eigenvalue weighted by molar-refractivity contribution is 5.96. The van der Waals surface area contributed by atoms with E-state index in [9.17, 15) is 4.79 Å². The predicted molar refractivity (Wildman–Crippen MR) is 117 cm³/mol. The third-order valence-corrected chi connectivity index (χ3v) is 6.75. The molecule has 0 radical (unpaired) electrons. The first-order valence-electron chi connectivity index (χ1n) is 10.3. The van der Waals surface area contributed by atoms with Crippen molar-refractivity contribution in [1.82, 2.24) is 0 Å². The minimum Gasteiger partial charge on any atom is -0.497 e. The summed E-state index contributed by atoms with van der Waals surface area (Å²) >= 11 is 0. The van der Waals surface area contributed by atoms with E-state index in [1.165, 1.54) is 22.3 Å². The molecule has 6 rings (SSSR count). The first-order valence-corrected chi connectivity index (χ1v) is 10.3. The normalized spacial score (nSPS) is 23.3. The molecule has 3 aliphatic rings. The van der Waals surface area contributed by atoms with Gasteiger partial charge in [-0.1, -0.05) is 55.5 Å². The highest BCUT2D eigenvalue weighted by Gasteiger charge is 2.50. The zero-order chi connectivity index (χ0) is 20.8. The Labute approximate surface area is 176 Å². The number of fused-ring (bicyclic) bond motifs is 1. The molecule has 3 aromatic carbocycles. The van der Waals surface area contributed by atoms with E-state index in [1.807, 2.05) is 18.2 Å². The van der Waals surface area contributed by atoms with Crippen molar-refractivity contribution in [3.05, 3.63) is 89.0 Å². The Morgan fingerprint density at radius 1 is 0.800 bits per heavy atom. The lowest BCUT2D eigenvalue weighted by Crippen LogP contribution is -2.44. The van der Waals surface area contributed by atoms with Gasteiger partial charge in [-0.25, -0.2) is 0 Å². The summed E-state index contributed by atoms with van der Waals surface area (Å²) in [6.07, 6.45) is 0. The van der Waals surface area contributed by atoms with E-state index >= 15 is 0 Å². The van der Waals surface area contributed by atoms with Crippen molar-refractivity contribution in [2.24, 2.45) is 11.8 Å². The van der Waals surface area contributed by atoms with Crippen LogP contribution in [0.2, 0.25) is 0 Å². The minimum absolute atomic E-state index is 0.0214. The Morgan fingerprint density at radius 3 is 1.90 bits per heavy atom. The number of carbonyl (C=O) groups excluding carboxylic acids is 1. The number of amides is 1. The first kappa shape index (κ1) is 18.7. The Hall–Kier alpha value is -3.27. The zero-order valence-corrected chi connectivity index (χ0v) is 17.4. The maximum Gasteiger partial charge on any atom is 0.228 e. The van der Waals surface area contributed by atoms with Gasteiger partial charge in [0.2, 0.25) is 5.91 Å². The van der Waals surface area contributed by atoms with Crippen LogP contribution in [0.3, 0.4) is 0 Å². The van der Waals surface area contributed by atoms with E-state index in [4.69, 9.17) is 9.47 Å². The molecule has 2 atom stereocenters. The lowest BCUT2D eigenvalue weighted by atomic mass is 9.54. The second-order valence-electron chi connectivity index (χ2n) is 8.15. The summed E-state index contributed by atoms with van der Waals surface area (Å²) in [5.74, 6) is 1.64. The second-order valence-corrected chi connectivity index (χ2v) is 8.15. The third kappa shape index (κ3) is 2.71. The van der Waals surface area contributed by atoms with Gasteiger partial charge in [-0.3, -0.25) is 4.79 Å². The van der Waals surface area contributed by atoms with Crippen molar-refractivity contribution in [3.8, 4) is 11.5 Å². The lowest BCUT2D eigenvalue weighted by molar-refractivity contribution is -0.122. The van der Waals surface area contributed by atoms with Crippen molar-refractivity contribution in [2.75, 3.05) is 19.5 Å². The molecule has 0 aromatic heterocycles. The van der Waals surface area contributed by atoms with Crippen LogP contribution in [0.15, 0.2) is 66.7 Å². The van der Waals surface area contributed by atoms with Gasteiger partial charge < -0.3 is 14.8 Å². The van der Waals surface area contributed by atoms with Crippen LogP contribution in [0, 0.1) is 11.8 Å². The number of carbonyl (C=O) groups is 1. The quantitative estimate of drug-likeness (QED) is 0.657. The highest BCUT2D eigenvalue weighted by atomic mass is 16.5. The monoisotopic (exact) mass is 399 g/mol. The van der Waals surface area contributed by atoms with Gasteiger partial charge in [0.1, 0.15) is 11.5 Å². The fraction of sp³-hybridized carbons (Fsp3) is 0.269. The fourth-order valence-corrected chi connectivity index (χ4v) is 5.47. The van der Waals surface area contributed by atoms with Crippen LogP contribution >= 0.6 is 0 Å². The van der Waals surface area contributed by atoms with Crippen LogP contribution in [0.4, 0.5) is 5.69 Å². The van der Waals surface area contributed by atoms with Gasteiger partial charge in [0.25, 0.3) is 0 Å². The van der Waals surface area contributed by atoms with E-state index in [0.717, 1.165) is 0 Å². The summed E-state index contributed by atoms with van der Waals surface area (Å²) in [7, 11) is 3.22. The topological polar surface area (TPSA) is 47.6 Å². The molecule has 2 bridgehead atoms. The molecular weight excluding hydrogens is 374 g/mol. The summed E-state index contributed by atoms with van der Waals surface area (Å²) in [5.41, 5.74) is 5.90. The molecule has 0 saturated heterocycles. The smallest absolute Gasteiger partial charge is 0.228 e. The molecule has 4 nitrogen and oxygen atoms in total. The van der Waals surface area contributed by atoms with Gasteiger partial charge in [0.15, 0.2) is 0 Å². The number of benzene rings is 3. The largest absolute Gasteiger partial charge is 0.497 e. The Bertz CT molecular complexity index is 1080. The van der Waals surface area contributed by atoms with Gasteiger partial charge in [0.05, 0.1) is 25.8 Å². The van der Waals surface area contributed by atoms with E-state index in [0.29, 0.717) is 17.2 Å². The van der Waals surface area contributed by atoms with Crippen LogP contribution < -0.4 is 14.8 Å². The number of methoxy groups -OCH3 is 2. The SMILES string of the molecule is COc1ccc(OC)c(NC(=O)C2C3c4ccccc4C(c4ccccc43)C2C)c1. The minimum atomic E-state index is -0.157. The number of ether oxygens (including phenoxy) is 2. The average Bonchev–Trinajstić information content (AvgIpc) is 2.78. The van der Waals surface area contributed by atoms with Gasteiger partial charge in [-0.15, -0.1) is 0 Å². The molecular formula is C26H25NO3. The first-order chi connectivity index (χ1) is 14.6. The van der Waals surface area contributed by atoms with Gasteiger partial charge in [0, 0.05) is 17.9 Å². The third-order valence-electron chi connectivity index (χ3n) is 6.75. The maximum absolute atomic E-state index is 13.6. The molecule has 4 heteroatoms. The standard InChI is InChI=1S/C26H25NO3/c1-15-23-17-8-4-6-10-19(17)25(20-11-7-5-9-18(20)23)24(15)26(28)27-21-14-16(29-2)12-13-22(21)30-3/h4-15,23-25H,1-3H3,(H,27,28). The lowest BCUT2D eigenvalue weighted by Gasteiger charge is -2.49.